The van der Waals surface area contributed by atoms with Crippen molar-refractivity contribution in [3.8, 4) is 5.69 Å². The van der Waals surface area contributed by atoms with Crippen molar-refractivity contribution in [3.05, 3.63) is 57.3 Å². The second kappa shape index (κ2) is 5.40. The molecule has 2 aromatic carbocycles. The lowest BCUT2D eigenvalue weighted by atomic mass is 10.2. The Morgan fingerprint density at radius 1 is 1.20 bits per heavy atom. The van der Waals surface area contributed by atoms with E-state index in [0.717, 1.165) is 32.6 Å². The lowest BCUT2D eigenvalue weighted by Gasteiger charge is -2.12. The van der Waals surface area contributed by atoms with Crippen molar-refractivity contribution < 1.29 is 0 Å². The van der Waals surface area contributed by atoms with E-state index in [9.17, 15) is 0 Å². The SMILES string of the molecule is Cc1cccc(-n2c(CCl)nc3cccc(Cl)c32)c1Br. The summed E-state index contributed by atoms with van der Waals surface area (Å²) in [7, 11) is 0. The van der Waals surface area contributed by atoms with Crippen LogP contribution in [0.5, 0.6) is 0 Å². The van der Waals surface area contributed by atoms with Gasteiger partial charge in [-0.2, -0.15) is 0 Å². The van der Waals surface area contributed by atoms with Gasteiger partial charge in [-0.3, -0.25) is 4.57 Å². The Morgan fingerprint density at radius 3 is 2.70 bits per heavy atom. The third kappa shape index (κ3) is 2.14. The topological polar surface area (TPSA) is 17.8 Å². The molecule has 1 aromatic heterocycles. The highest BCUT2D eigenvalue weighted by Crippen LogP contribution is 2.32. The minimum atomic E-state index is 0.325. The van der Waals surface area contributed by atoms with E-state index >= 15 is 0 Å². The van der Waals surface area contributed by atoms with Gasteiger partial charge in [-0.15, -0.1) is 11.6 Å². The predicted molar refractivity (Wildman–Crippen MR) is 88.1 cm³/mol. The number of rotatable bonds is 2. The molecule has 0 aliphatic carbocycles. The Kier molecular flexibility index (Phi) is 3.76. The first-order valence-corrected chi connectivity index (χ1v) is 7.81. The van der Waals surface area contributed by atoms with E-state index in [0.29, 0.717) is 10.9 Å². The first kappa shape index (κ1) is 13.9. The van der Waals surface area contributed by atoms with Crippen molar-refractivity contribution >= 4 is 50.2 Å². The summed E-state index contributed by atoms with van der Waals surface area (Å²) >= 11 is 16.1. The van der Waals surface area contributed by atoms with Gasteiger partial charge in [0, 0.05) is 4.47 Å². The molecule has 0 aliphatic heterocycles. The number of halogens is 3. The zero-order valence-corrected chi connectivity index (χ0v) is 13.8. The Hall–Kier alpha value is -1.03. The van der Waals surface area contributed by atoms with Crippen LogP contribution in [-0.2, 0) is 5.88 Å². The van der Waals surface area contributed by atoms with Crippen LogP contribution in [0.4, 0.5) is 0 Å². The van der Waals surface area contributed by atoms with Crippen molar-refractivity contribution in [1.82, 2.24) is 9.55 Å². The lowest BCUT2D eigenvalue weighted by molar-refractivity contribution is 0.974. The molecule has 0 saturated carbocycles. The molecule has 0 atom stereocenters. The lowest BCUT2D eigenvalue weighted by Crippen LogP contribution is -2.01. The van der Waals surface area contributed by atoms with E-state index in [2.05, 4.69) is 33.9 Å². The van der Waals surface area contributed by atoms with Gasteiger partial charge < -0.3 is 0 Å². The van der Waals surface area contributed by atoms with Gasteiger partial charge in [0.25, 0.3) is 0 Å². The van der Waals surface area contributed by atoms with Crippen molar-refractivity contribution in [2.45, 2.75) is 12.8 Å². The minimum absolute atomic E-state index is 0.325. The van der Waals surface area contributed by atoms with Gasteiger partial charge in [-0.05, 0) is 46.6 Å². The summed E-state index contributed by atoms with van der Waals surface area (Å²) in [5.41, 5.74) is 3.88. The molecule has 20 heavy (non-hydrogen) atoms. The average molecular weight is 370 g/mol. The number of alkyl halides is 1. The number of para-hydroxylation sites is 1. The zero-order valence-electron chi connectivity index (χ0n) is 10.7. The van der Waals surface area contributed by atoms with Crippen molar-refractivity contribution in [1.29, 1.82) is 0 Å². The van der Waals surface area contributed by atoms with Gasteiger partial charge in [0.15, 0.2) is 0 Å². The molecule has 0 aliphatic rings. The highest BCUT2D eigenvalue weighted by Gasteiger charge is 2.16. The fraction of sp³-hybridized carbons (Fsp3) is 0.133. The monoisotopic (exact) mass is 368 g/mol. The Labute approximate surface area is 135 Å². The normalized spacial score (nSPS) is 11.2. The third-order valence-corrected chi connectivity index (χ3v) is 4.80. The maximum atomic E-state index is 6.36. The first-order chi connectivity index (χ1) is 9.63. The Morgan fingerprint density at radius 2 is 1.95 bits per heavy atom. The van der Waals surface area contributed by atoms with E-state index in [1.165, 1.54) is 0 Å². The summed E-state index contributed by atoms with van der Waals surface area (Å²) in [5.74, 6) is 1.10. The van der Waals surface area contributed by atoms with Gasteiger partial charge >= 0.3 is 0 Å². The second-order valence-corrected chi connectivity index (χ2v) is 5.98. The molecule has 0 bridgehead atoms. The highest BCUT2D eigenvalue weighted by atomic mass is 79.9. The van der Waals surface area contributed by atoms with Gasteiger partial charge in [0.1, 0.15) is 5.82 Å². The van der Waals surface area contributed by atoms with E-state index in [1.54, 1.807) is 0 Å². The number of nitrogens with zero attached hydrogens (tertiary/aromatic N) is 2. The van der Waals surface area contributed by atoms with Crippen molar-refractivity contribution in [3.63, 3.8) is 0 Å². The molecule has 0 fully saturated rings. The molecule has 0 saturated heterocycles. The largest absolute Gasteiger partial charge is 0.293 e. The van der Waals surface area contributed by atoms with Crippen molar-refractivity contribution in [2.24, 2.45) is 0 Å². The van der Waals surface area contributed by atoms with Gasteiger partial charge in [0.05, 0.1) is 27.6 Å². The predicted octanol–water partition coefficient (Wildman–Crippen LogP) is 5.49. The van der Waals surface area contributed by atoms with Crippen LogP contribution in [-0.4, -0.2) is 9.55 Å². The van der Waals surface area contributed by atoms with Crippen molar-refractivity contribution in [2.75, 3.05) is 0 Å². The van der Waals surface area contributed by atoms with Gasteiger partial charge in [0.2, 0.25) is 0 Å². The molecule has 2 nitrogen and oxygen atoms in total. The summed E-state index contributed by atoms with van der Waals surface area (Å²) in [5, 5.41) is 0.666. The number of hydrogen-bond acceptors (Lipinski definition) is 1. The van der Waals surface area contributed by atoms with E-state index in [1.807, 2.05) is 34.9 Å². The quantitative estimate of drug-likeness (QED) is 0.546. The van der Waals surface area contributed by atoms with Crippen LogP contribution in [0.15, 0.2) is 40.9 Å². The van der Waals surface area contributed by atoms with Crippen LogP contribution < -0.4 is 0 Å². The Balaban J connectivity index is 2.43. The van der Waals surface area contributed by atoms with Crippen LogP contribution in [0.1, 0.15) is 11.4 Å². The maximum absolute atomic E-state index is 6.36. The summed E-state index contributed by atoms with van der Waals surface area (Å²) in [6.45, 7) is 2.05. The van der Waals surface area contributed by atoms with Crippen LogP contribution in [0.3, 0.4) is 0 Å². The van der Waals surface area contributed by atoms with Gasteiger partial charge in [-0.25, -0.2) is 4.98 Å². The molecule has 0 unspecified atom stereocenters. The number of hydrogen-bond donors (Lipinski definition) is 0. The average Bonchev–Trinajstić information content (AvgIpc) is 2.82. The van der Waals surface area contributed by atoms with Gasteiger partial charge in [-0.1, -0.05) is 29.8 Å². The third-order valence-electron chi connectivity index (χ3n) is 3.23. The number of aromatic nitrogens is 2. The van der Waals surface area contributed by atoms with Crippen LogP contribution in [0, 0.1) is 6.92 Å². The van der Waals surface area contributed by atoms with E-state index in [-0.39, 0.29) is 0 Å². The summed E-state index contributed by atoms with van der Waals surface area (Å²) < 4.78 is 3.03. The Bertz CT molecular complexity index is 796. The smallest absolute Gasteiger partial charge is 0.129 e. The molecular weight excluding hydrogens is 359 g/mol. The molecule has 102 valence electrons. The minimum Gasteiger partial charge on any atom is -0.293 e. The number of benzene rings is 2. The molecule has 0 N–H and O–H groups in total. The van der Waals surface area contributed by atoms with E-state index < -0.39 is 0 Å². The maximum Gasteiger partial charge on any atom is 0.129 e. The highest BCUT2D eigenvalue weighted by molar-refractivity contribution is 9.10. The molecule has 5 heteroatoms. The summed E-state index contributed by atoms with van der Waals surface area (Å²) in [4.78, 5) is 4.56. The van der Waals surface area contributed by atoms with Crippen LogP contribution in [0.25, 0.3) is 16.7 Å². The number of fused-ring (bicyclic) bond motifs is 1. The first-order valence-electron chi connectivity index (χ1n) is 6.10. The molecule has 3 aromatic rings. The second-order valence-electron chi connectivity index (χ2n) is 4.51. The summed E-state index contributed by atoms with van der Waals surface area (Å²) in [6.07, 6.45) is 0. The molecule has 0 amide bonds. The van der Waals surface area contributed by atoms with E-state index in [4.69, 9.17) is 23.2 Å². The number of aryl methyl sites for hydroxylation is 1. The van der Waals surface area contributed by atoms with Crippen LogP contribution >= 0.6 is 39.1 Å². The fourth-order valence-electron chi connectivity index (χ4n) is 2.29. The molecule has 0 spiro atoms. The zero-order chi connectivity index (χ0) is 14.3. The fourth-order valence-corrected chi connectivity index (χ4v) is 3.16. The molecule has 3 rings (SSSR count). The summed E-state index contributed by atoms with van der Waals surface area (Å²) in [6, 6.07) is 11.8. The molecule has 1 heterocycles. The van der Waals surface area contributed by atoms with Crippen LogP contribution in [0.2, 0.25) is 5.02 Å². The standard InChI is InChI=1S/C15H11BrCl2N2/c1-9-4-2-7-12(14(9)16)20-13(8-17)19-11-6-3-5-10(18)15(11)20/h2-7H,8H2,1H3. The molecule has 0 radical (unpaired) electrons. The molecular formula is C15H11BrCl2N2. The number of imidazole rings is 1.